The van der Waals surface area contributed by atoms with E-state index in [4.69, 9.17) is 16.6 Å². The van der Waals surface area contributed by atoms with Gasteiger partial charge in [0.2, 0.25) is 0 Å². The fraction of sp³-hybridized carbons (Fsp3) is 0.474. The van der Waals surface area contributed by atoms with Crippen LogP contribution in [-0.4, -0.2) is 15.3 Å². The topological polar surface area (TPSA) is 34.9 Å². The SMILES string of the molecule is CC(C)(C)c1nc2c(n1Cc1ccc(Cl)cc1)C(=O)CCCC2. The van der Waals surface area contributed by atoms with Crippen LogP contribution in [0.4, 0.5) is 0 Å². The van der Waals surface area contributed by atoms with Crippen LogP contribution in [0.3, 0.4) is 0 Å². The smallest absolute Gasteiger partial charge is 0.181 e. The van der Waals surface area contributed by atoms with E-state index in [1.165, 1.54) is 0 Å². The van der Waals surface area contributed by atoms with Crippen molar-refractivity contribution >= 4 is 17.4 Å². The number of hydrogen-bond donors (Lipinski definition) is 0. The number of carbonyl (C=O) groups is 1. The van der Waals surface area contributed by atoms with Crippen LogP contribution in [0.1, 0.15) is 67.6 Å². The second-order valence-electron chi connectivity index (χ2n) is 7.32. The number of rotatable bonds is 2. The van der Waals surface area contributed by atoms with Gasteiger partial charge in [-0.15, -0.1) is 0 Å². The first-order chi connectivity index (χ1) is 10.9. The summed E-state index contributed by atoms with van der Waals surface area (Å²) in [6, 6.07) is 7.82. The third kappa shape index (κ3) is 3.35. The van der Waals surface area contributed by atoms with E-state index in [1.807, 2.05) is 24.3 Å². The molecule has 23 heavy (non-hydrogen) atoms. The summed E-state index contributed by atoms with van der Waals surface area (Å²) in [4.78, 5) is 17.5. The Morgan fingerprint density at radius 2 is 1.78 bits per heavy atom. The minimum absolute atomic E-state index is 0.0983. The molecule has 1 aliphatic carbocycles. The van der Waals surface area contributed by atoms with E-state index in [2.05, 4.69) is 25.3 Å². The van der Waals surface area contributed by atoms with Gasteiger partial charge in [0.25, 0.3) is 0 Å². The fourth-order valence-electron chi connectivity index (χ4n) is 3.18. The lowest BCUT2D eigenvalue weighted by molar-refractivity contribution is 0.0973. The molecular weight excluding hydrogens is 308 g/mol. The number of carbonyl (C=O) groups excluding carboxylic acids is 1. The zero-order valence-electron chi connectivity index (χ0n) is 14.0. The number of hydrogen-bond acceptors (Lipinski definition) is 2. The van der Waals surface area contributed by atoms with Gasteiger partial charge in [0.15, 0.2) is 5.78 Å². The summed E-state index contributed by atoms with van der Waals surface area (Å²) in [5.74, 6) is 1.22. The van der Waals surface area contributed by atoms with E-state index >= 15 is 0 Å². The van der Waals surface area contributed by atoms with Gasteiger partial charge in [0, 0.05) is 23.4 Å². The molecular formula is C19H23ClN2O. The monoisotopic (exact) mass is 330 g/mol. The second kappa shape index (κ2) is 6.12. The Morgan fingerprint density at radius 1 is 1.13 bits per heavy atom. The Hall–Kier alpha value is -1.61. The molecule has 0 spiro atoms. The zero-order chi connectivity index (χ0) is 16.6. The Labute approximate surface area is 142 Å². The molecule has 1 heterocycles. The highest BCUT2D eigenvalue weighted by molar-refractivity contribution is 6.30. The number of imidazole rings is 1. The molecule has 0 unspecified atom stereocenters. The third-order valence-corrected chi connectivity index (χ3v) is 4.55. The van der Waals surface area contributed by atoms with Crippen LogP contribution >= 0.6 is 11.6 Å². The average molecular weight is 331 g/mol. The van der Waals surface area contributed by atoms with Gasteiger partial charge in [-0.2, -0.15) is 0 Å². The van der Waals surface area contributed by atoms with E-state index in [0.29, 0.717) is 13.0 Å². The predicted octanol–water partition coefficient (Wildman–Crippen LogP) is 4.79. The third-order valence-electron chi connectivity index (χ3n) is 4.30. The van der Waals surface area contributed by atoms with Gasteiger partial charge in [-0.3, -0.25) is 4.79 Å². The number of benzene rings is 1. The molecule has 122 valence electrons. The molecule has 0 aliphatic heterocycles. The summed E-state index contributed by atoms with van der Waals surface area (Å²) in [7, 11) is 0. The minimum atomic E-state index is -0.0983. The van der Waals surface area contributed by atoms with E-state index < -0.39 is 0 Å². The van der Waals surface area contributed by atoms with Gasteiger partial charge in [-0.25, -0.2) is 4.98 Å². The van der Waals surface area contributed by atoms with Crippen LogP contribution in [0.15, 0.2) is 24.3 Å². The molecule has 0 saturated heterocycles. The highest BCUT2D eigenvalue weighted by Gasteiger charge is 2.29. The normalized spacial score (nSPS) is 15.4. The second-order valence-corrected chi connectivity index (χ2v) is 7.76. The van der Waals surface area contributed by atoms with Crippen molar-refractivity contribution < 1.29 is 4.79 Å². The van der Waals surface area contributed by atoms with Crippen molar-refractivity contribution in [3.05, 3.63) is 52.1 Å². The van der Waals surface area contributed by atoms with Crippen molar-refractivity contribution in [2.45, 2.75) is 58.4 Å². The molecule has 3 rings (SSSR count). The Kier molecular flexibility index (Phi) is 4.33. The lowest BCUT2D eigenvalue weighted by Gasteiger charge is -2.21. The molecule has 3 nitrogen and oxygen atoms in total. The summed E-state index contributed by atoms with van der Waals surface area (Å²) >= 11 is 5.98. The number of halogens is 1. The Bertz CT molecular complexity index is 723. The van der Waals surface area contributed by atoms with Crippen LogP contribution < -0.4 is 0 Å². The molecule has 4 heteroatoms. The van der Waals surface area contributed by atoms with Gasteiger partial charge in [-0.1, -0.05) is 44.5 Å². The van der Waals surface area contributed by atoms with Crippen molar-refractivity contribution in [3.63, 3.8) is 0 Å². The molecule has 0 N–H and O–H groups in total. The molecule has 1 aromatic heterocycles. The maximum absolute atomic E-state index is 12.6. The lowest BCUT2D eigenvalue weighted by atomic mass is 9.95. The highest BCUT2D eigenvalue weighted by Crippen LogP contribution is 2.29. The molecule has 0 radical (unpaired) electrons. The minimum Gasteiger partial charge on any atom is -0.320 e. The largest absolute Gasteiger partial charge is 0.320 e. The van der Waals surface area contributed by atoms with Crippen LogP contribution in [-0.2, 0) is 18.4 Å². The summed E-state index contributed by atoms with van der Waals surface area (Å²) < 4.78 is 2.13. The summed E-state index contributed by atoms with van der Waals surface area (Å²) in [6.07, 6.45) is 3.53. The molecule has 1 aliphatic rings. The van der Waals surface area contributed by atoms with E-state index in [9.17, 15) is 4.79 Å². The standard InChI is InChI=1S/C19H23ClN2O/c1-19(2,3)18-21-15-6-4-5-7-16(23)17(15)22(18)12-13-8-10-14(20)11-9-13/h8-11H,4-7,12H2,1-3H3. The van der Waals surface area contributed by atoms with E-state index in [1.54, 1.807) is 0 Å². The summed E-state index contributed by atoms with van der Waals surface area (Å²) in [5.41, 5.74) is 2.84. The average Bonchev–Trinajstić information content (AvgIpc) is 2.74. The van der Waals surface area contributed by atoms with Crippen LogP contribution in [0.5, 0.6) is 0 Å². The first kappa shape index (κ1) is 16.3. The number of nitrogens with zero attached hydrogens (tertiary/aromatic N) is 2. The molecule has 0 saturated carbocycles. The summed E-state index contributed by atoms with van der Waals surface area (Å²) in [5, 5.41) is 0.727. The van der Waals surface area contributed by atoms with Crippen LogP contribution in [0.25, 0.3) is 0 Å². The lowest BCUT2D eigenvalue weighted by Crippen LogP contribution is -2.22. The number of Topliss-reactive ketones (excluding diaryl/α,β-unsaturated/α-hetero) is 1. The van der Waals surface area contributed by atoms with Crippen molar-refractivity contribution in [2.24, 2.45) is 0 Å². The number of aromatic nitrogens is 2. The molecule has 0 amide bonds. The van der Waals surface area contributed by atoms with Gasteiger partial charge < -0.3 is 4.57 Å². The van der Waals surface area contributed by atoms with Crippen molar-refractivity contribution in [2.75, 3.05) is 0 Å². The van der Waals surface area contributed by atoms with E-state index in [0.717, 1.165) is 47.1 Å². The van der Waals surface area contributed by atoms with Crippen LogP contribution in [0.2, 0.25) is 5.02 Å². The zero-order valence-corrected chi connectivity index (χ0v) is 14.8. The van der Waals surface area contributed by atoms with E-state index in [-0.39, 0.29) is 11.2 Å². The fourth-order valence-corrected chi connectivity index (χ4v) is 3.31. The van der Waals surface area contributed by atoms with Gasteiger partial charge in [0.1, 0.15) is 11.5 Å². The molecule has 0 bridgehead atoms. The maximum Gasteiger partial charge on any atom is 0.181 e. The highest BCUT2D eigenvalue weighted by atomic mass is 35.5. The number of aryl methyl sites for hydroxylation is 1. The molecule has 0 fully saturated rings. The first-order valence-corrected chi connectivity index (χ1v) is 8.61. The number of ketones is 1. The maximum atomic E-state index is 12.6. The van der Waals surface area contributed by atoms with Crippen molar-refractivity contribution in [1.29, 1.82) is 0 Å². The van der Waals surface area contributed by atoms with Crippen LogP contribution in [0, 0.1) is 0 Å². The van der Waals surface area contributed by atoms with Gasteiger partial charge in [0.05, 0.1) is 5.69 Å². The Balaban J connectivity index is 2.10. The van der Waals surface area contributed by atoms with Gasteiger partial charge >= 0.3 is 0 Å². The van der Waals surface area contributed by atoms with Crippen molar-refractivity contribution in [3.8, 4) is 0 Å². The Morgan fingerprint density at radius 3 is 2.43 bits per heavy atom. The molecule has 2 aromatic rings. The number of fused-ring (bicyclic) bond motifs is 1. The molecule has 0 atom stereocenters. The summed E-state index contributed by atoms with van der Waals surface area (Å²) in [6.45, 7) is 7.12. The quantitative estimate of drug-likeness (QED) is 0.742. The predicted molar refractivity (Wildman–Crippen MR) is 93.4 cm³/mol. The first-order valence-electron chi connectivity index (χ1n) is 8.24. The molecule has 1 aromatic carbocycles. The van der Waals surface area contributed by atoms with Gasteiger partial charge in [-0.05, 0) is 37.0 Å². The van der Waals surface area contributed by atoms with Crippen molar-refractivity contribution in [1.82, 2.24) is 9.55 Å².